The van der Waals surface area contributed by atoms with E-state index in [4.69, 9.17) is 4.98 Å². The van der Waals surface area contributed by atoms with E-state index in [9.17, 15) is 33.9 Å². The van der Waals surface area contributed by atoms with Gasteiger partial charge in [-0.1, -0.05) is 26.0 Å². The highest BCUT2D eigenvalue weighted by Crippen LogP contribution is 2.40. The molecule has 75 heavy (non-hydrogen) atoms. The number of aliphatic hydroxyl groups excluding tert-OH is 1. The molecule has 3 N–H and O–H groups in total. The molecule has 19 heteroatoms. The molecule has 5 aromatic rings. The van der Waals surface area contributed by atoms with Crippen LogP contribution < -0.4 is 26.0 Å². The number of carbonyl (C=O) groups excluding carboxylic acids is 5. The summed E-state index contributed by atoms with van der Waals surface area (Å²) in [5.41, 5.74) is 8.85. The van der Waals surface area contributed by atoms with Crippen molar-refractivity contribution in [3.63, 3.8) is 0 Å². The summed E-state index contributed by atoms with van der Waals surface area (Å²) in [7, 11) is 1.68. The van der Waals surface area contributed by atoms with Crippen LogP contribution in [0.1, 0.15) is 88.8 Å². The van der Waals surface area contributed by atoms with Crippen LogP contribution in [0.3, 0.4) is 0 Å². The summed E-state index contributed by atoms with van der Waals surface area (Å²) < 4.78 is 3.65. The lowest BCUT2D eigenvalue weighted by atomic mass is 9.90. The maximum atomic E-state index is 14.0. The van der Waals surface area contributed by atoms with E-state index in [0.717, 1.165) is 75.2 Å². The van der Waals surface area contributed by atoms with Crippen molar-refractivity contribution in [2.75, 3.05) is 80.6 Å². The zero-order valence-electron chi connectivity index (χ0n) is 43.3. The number of aliphatic hydroxyl groups is 1. The lowest BCUT2D eigenvalue weighted by Crippen LogP contribution is -2.56. The molecule has 9 heterocycles. The molecule has 0 spiro atoms. The number of imide groups is 1. The number of anilines is 4. The van der Waals surface area contributed by atoms with Crippen LogP contribution in [0.4, 0.5) is 23.0 Å². The second kappa shape index (κ2) is 20.1. The van der Waals surface area contributed by atoms with E-state index in [-0.39, 0.29) is 53.7 Å². The third-order valence-electron chi connectivity index (χ3n) is 16.3. The first-order chi connectivity index (χ1) is 36.1. The van der Waals surface area contributed by atoms with Crippen LogP contribution in [0.2, 0.25) is 0 Å². The third-order valence-corrected chi connectivity index (χ3v) is 16.3. The maximum absolute atomic E-state index is 14.0. The molecular formula is C56H66N12O7. The zero-order valence-corrected chi connectivity index (χ0v) is 43.3. The number of aromatic nitrogens is 4. The molecule has 11 rings (SSSR count). The topological polar surface area (TPSA) is 202 Å². The molecule has 3 saturated heterocycles. The van der Waals surface area contributed by atoms with E-state index < -0.39 is 11.9 Å². The number of carbonyl (C=O) groups is 5. The van der Waals surface area contributed by atoms with E-state index >= 15 is 0 Å². The number of rotatable bonds is 13. The Morgan fingerprint density at radius 2 is 1.69 bits per heavy atom. The first-order valence-corrected chi connectivity index (χ1v) is 26.4. The summed E-state index contributed by atoms with van der Waals surface area (Å²) >= 11 is 0. The Morgan fingerprint density at radius 3 is 2.45 bits per heavy atom. The molecule has 1 aromatic carbocycles. The van der Waals surface area contributed by atoms with Crippen LogP contribution in [0.15, 0.2) is 71.9 Å². The molecule has 3 fully saturated rings. The molecule has 392 valence electrons. The van der Waals surface area contributed by atoms with Gasteiger partial charge >= 0.3 is 0 Å². The Balaban J connectivity index is 0.657. The molecule has 5 amide bonds. The standard InChI is InChI=1S/C56H66N12O7/c1-35-30-64(50(71)33-63-19-17-62(18-20-63)16-6-8-36-7-5-9-41-42(36)32-68(53(41)73)45-11-13-49(70)60-52(45)72)21-22-65(35)39-10-12-48(58-29-39)59-44-25-38(31-61(4)54(44)74)40-14-15-57-51(43(40)34-69)67-24-23-66-46(55(67)75)26-37-27-56(2,3)28-47(37)66/h5,7,9-10,12,14-15,25-26,29,31,35,45,69H,6,8,11,13,16-24,27-28,30,32-34H2,1-4H3,(H,58,59)(H,60,70,72)/t35-,45?/m0/s1. The maximum Gasteiger partial charge on any atom is 0.276 e. The average Bonchev–Trinajstić information content (AvgIpc) is 4.04. The Bertz CT molecular complexity index is 3160. The van der Waals surface area contributed by atoms with Crippen molar-refractivity contribution >= 4 is 52.5 Å². The number of piperazine rings is 2. The second-order valence-electron chi connectivity index (χ2n) is 22.0. The highest BCUT2D eigenvalue weighted by Gasteiger charge is 2.41. The van der Waals surface area contributed by atoms with Crippen molar-refractivity contribution < 1.29 is 29.1 Å². The predicted octanol–water partition coefficient (Wildman–Crippen LogP) is 3.71. The largest absolute Gasteiger partial charge is 0.392 e. The number of nitrogens with one attached hydrogen (secondary N) is 2. The van der Waals surface area contributed by atoms with Gasteiger partial charge in [-0.3, -0.25) is 43.9 Å². The number of aryl methyl sites for hydroxylation is 2. The monoisotopic (exact) mass is 1020 g/mol. The lowest BCUT2D eigenvalue weighted by Gasteiger charge is -2.42. The minimum absolute atomic E-state index is 0.0542. The second-order valence-corrected chi connectivity index (χ2v) is 22.0. The van der Waals surface area contributed by atoms with Crippen molar-refractivity contribution in [2.45, 2.75) is 91.1 Å². The van der Waals surface area contributed by atoms with Gasteiger partial charge in [0, 0.05) is 120 Å². The molecule has 19 nitrogen and oxygen atoms in total. The fraction of sp³-hybridized carbons (Fsp3) is 0.464. The minimum Gasteiger partial charge on any atom is -0.392 e. The number of nitrogens with zero attached hydrogens (tertiary/aromatic N) is 10. The number of benzene rings is 1. The first-order valence-electron chi connectivity index (χ1n) is 26.4. The van der Waals surface area contributed by atoms with Gasteiger partial charge in [0.05, 0.1) is 25.0 Å². The molecule has 0 radical (unpaired) electrons. The highest BCUT2D eigenvalue weighted by atomic mass is 16.3. The molecular weight excluding hydrogens is 953 g/mol. The first kappa shape index (κ1) is 50.0. The molecule has 1 aliphatic carbocycles. The number of hydrogen-bond acceptors (Lipinski definition) is 13. The van der Waals surface area contributed by atoms with Crippen molar-refractivity contribution in [1.29, 1.82) is 0 Å². The molecule has 0 saturated carbocycles. The zero-order chi connectivity index (χ0) is 52.3. The predicted molar refractivity (Wildman–Crippen MR) is 283 cm³/mol. The number of amides is 5. The van der Waals surface area contributed by atoms with Gasteiger partial charge in [0.1, 0.15) is 29.1 Å². The Hall–Kier alpha value is -7.22. The van der Waals surface area contributed by atoms with Crippen LogP contribution in [0, 0.1) is 5.41 Å². The summed E-state index contributed by atoms with van der Waals surface area (Å²) in [5.74, 6) is 0.0469. The summed E-state index contributed by atoms with van der Waals surface area (Å²) in [5, 5.41) is 16.4. The van der Waals surface area contributed by atoms with Crippen LogP contribution in [-0.2, 0) is 60.4 Å². The number of hydrogen-bond donors (Lipinski definition) is 3. The quantitative estimate of drug-likeness (QED) is 0.144. The third kappa shape index (κ3) is 9.72. The average molecular weight is 1020 g/mol. The molecule has 1 unspecified atom stereocenters. The Kier molecular flexibility index (Phi) is 13.4. The SMILES string of the molecule is C[C@H]1CN(C(=O)CN2CCN(CCCc3cccc4c3CN(C3CCC(=O)NC3=O)C4=O)CC2)CCN1c1ccc(Nc2cc(-c3ccnc(N4CCn5c(cc6c5CC(C)(C)C6)C4=O)c3CO)cn(C)c2=O)nc1. The van der Waals surface area contributed by atoms with E-state index in [2.05, 4.69) is 61.7 Å². The van der Waals surface area contributed by atoms with Gasteiger partial charge in [-0.05, 0) is 110 Å². The van der Waals surface area contributed by atoms with Gasteiger partial charge in [-0.2, -0.15) is 0 Å². The van der Waals surface area contributed by atoms with Gasteiger partial charge in [0.15, 0.2) is 0 Å². The van der Waals surface area contributed by atoms with Crippen LogP contribution >= 0.6 is 0 Å². The Morgan fingerprint density at radius 1 is 0.880 bits per heavy atom. The van der Waals surface area contributed by atoms with E-state index in [1.807, 2.05) is 35.2 Å². The van der Waals surface area contributed by atoms with E-state index in [0.29, 0.717) is 97.5 Å². The smallest absolute Gasteiger partial charge is 0.276 e. The molecule has 0 bridgehead atoms. The van der Waals surface area contributed by atoms with Gasteiger partial charge in [0.2, 0.25) is 17.7 Å². The molecule has 6 aliphatic rings. The minimum atomic E-state index is -0.625. The van der Waals surface area contributed by atoms with Crippen molar-refractivity contribution in [3.8, 4) is 11.1 Å². The summed E-state index contributed by atoms with van der Waals surface area (Å²) in [4.78, 5) is 100. The van der Waals surface area contributed by atoms with Crippen LogP contribution in [0.25, 0.3) is 11.1 Å². The lowest BCUT2D eigenvalue weighted by molar-refractivity contribution is -0.137. The van der Waals surface area contributed by atoms with Crippen LogP contribution in [-0.4, -0.2) is 151 Å². The fourth-order valence-electron chi connectivity index (χ4n) is 12.4. The number of pyridine rings is 3. The number of fused-ring (bicyclic) bond motifs is 4. The van der Waals surface area contributed by atoms with Crippen molar-refractivity contribution in [1.82, 2.24) is 44.0 Å². The van der Waals surface area contributed by atoms with Gasteiger partial charge < -0.3 is 39.2 Å². The Labute approximate surface area is 436 Å². The molecule has 2 atom stereocenters. The summed E-state index contributed by atoms with van der Waals surface area (Å²) in [6.07, 6.45) is 9.34. The van der Waals surface area contributed by atoms with E-state index in [1.54, 1.807) is 47.6 Å². The highest BCUT2D eigenvalue weighted by molar-refractivity contribution is 6.07. The van der Waals surface area contributed by atoms with E-state index in [1.165, 1.54) is 15.8 Å². The number of piperidine rings is 1. The molecule has 5 aliphatic heterocycles. The van der Waals surface area contributed by atoms with Gasteiger partial charge in [-0.15, -0.1) is 0 Å². The van der Waals surface area contributed by atoms with Crippen LogP contribution in [0.5, 0.6) is 0 Å². The molecule has 4 aromatic heterocycles. The normalized spacial score (nSPS) is 20.9. The van der Waals surface area contributed by atoms with Crippen molar-refractivity contribution in [3.05, 3.63) is 117 Å². The van der Waals surface area contributed by atoms with Crippen molar-refractivity contribution in [2.24, 2.45) is 12.5 Å². The van der Waals surface area contributed by atoms with Gasteiger partial charge in [-0.25, -0.2) is 9.97 Å². The van der Waals surface area contributed by atoms with Gasteiger partial charge in [0.25, 0.3) is 17.4 Å². The summed E-state index contributed by atoms with van der Waals surface area (Å²) in [6.45, 7) is 14.2. The fourth-order valence-corrected chi connectivity index (χ4v) is 12.4. The summed E-state index contributed by atoms with van der Waals surface area (Å²) in [6, 6.07) is 14.6.